The average Bonchev–Trinajstić information content (AvgIpc) is 2.19. The van der Waals surface area contributed by atoms with Gasteiger partial charge in [0.05, 0.1) is 0 Å². The van der Waals surface area contributed by atoms with Crippen LogP contribution in [0.2, 0.25) is 0 Å². The average molecular weight is 283 g/mol. The Labute approximate surface area is 104 Å². The fraction of sp³-hybridized carbons (Fsp3) is 0.417. The van der Waals surface area contributed by atoms with Crippen LogP contribution in [0, 0.1) is 6.92 Å². The van der Waals surface area contributed by atoms with Crippen molar-refractivity contribution in [1.82, 2.24) is 5.32 Å². The van der Waals surface area contributed by atoms with Crippen LogP contribution in [0.15, 0.2) is 22.7 Å². The monoisotopic (exact) mass is 282 g/mol. The van der Waals surface area contributed by atoms with Crippen molar-refractivity contribution >= 4 is 21.8 Å². The molecule has 0 bridgehead atoms. The molecule has 2 rings (SSSR count). The second-order valence-electron chi connectivity index (χ2n) is 4.31. The van der Waals surface area contributed by atoms with E-state index in [0.29, 0.717) is 0 Å². The van der Waals surface area contributed by atoms with Gasteiger partial charge in [-0.1, -0.05) is 22.0 Å². The third-order valence-electron chi connectivity index (χ3n) is 3.02. The Hall–Kier alpha value is -0.870. The molecule has 0 unspecified atom stereocenters. The second-order valence-corrected chi connectivity index (χ2v) is 5.17. The second kappa shape index (κ2) is 4.55. The molecule has 86 valence electrons. The van der Waals surface area contributed by atoms with Gasteiger partial charge in [0.2, 0.25) is 0 Å². The van der Waals surface area contributed by atoms with Gasteiger partial charge in [-0.15, -0.1) is 0 Å². The number of amides is 1. The summed E-state index contributed by atoms with van der Waals surface area (Å²) in [5, 5.41) is 2.99. The summed E-state index contributed by atoms with van der Waals surface area (Å²) < 4.78 is 0.963. The van der Waals surface area contributed by atoms with E-state index < -0.39 is 0 Å². The molecule has 0 heterocycles. The van der Waals surface area contributed by atoms with Gasteiger partial charge in [0, 0.05) is 22.1 Å². The van der Waals surface area contributed by atoms with Crippen LogP contribution in [0.4, 0.5) is 0 Å². The van der Waals surface area contributed by atoms with E-state index in [1.807, 2.05) is 25.1 Å². The van der Waals surface area contributed by atoms with Crippen LogP contribution >= 0.6 is 15.9 Å². The summed E-state index contributed by atoms with van der Waals surface area (Å²) in [6.45, 7) is 1.94. The number of hydrogen-bond donors (Lipinski definition) is 2. The Morgan fingerprint density at radius 3 is 2.81 bits per heavy atom. The first-order valence-corrected chi connectivity index (χ1v) is 6.19. The maximum atomic E-state index is 12.0. The number of carbonyl (C=O) groups is 1. The topological polar surface area (TPSA) is 55.1 Å². The largest absolute Gasteiger partial charge is 0.349 e. The molecule has 0 spiro atoms. The summed E-state index contributed by atoms with van der Waals surface area (Å²) in [7, 11) is 0. The van der Waals surface area contributed by atoms with Gasteiger partial charge in [-0.3, -0.25) is 4.79 Å². The highest BCUT2D eigenvalue weighted by Gasteiger charge is 2.27. The summed E-state index contributed by atoms with van der Waals surface area (Å²) >= 11 is 3.42. The normalized spacial score (nSPS) is 23.7. The maximum Gasteiger partial charge on any atom is 0.251 e. The molecule has 0 atom stereocenters. The lowest BCUT2D eigenvalue weighted by Gasteiger charge is -2.33. The molecule has 1 aliphatic carbocycles. The van der Waals surface area contributed by atoms with Crippen LogP contribution in [0.1, 0.15) is 28.8 Å². The minimum Gasteiger partial charge on any atom is -0.349 e. The van der Waals surface area contributed by atoms with Gasteiger partial charge in [0.1, 0.15) is 0 Å². The SMILES string of the molecule is Cc1c(Br)cccc1C(=O)NC1CC(N)C1. The summed E-state index contributed by atoms with van der Waals surface area (Å²) in [4.78, 5) is 12.0. The molecule has 4 heteroatoms. The highest BCUT2D eigenvalue weighted by atomic mass is 79.9. The first-order chi connectivity index (χ1) is 7.58. The molecular weight excluding hydrogens is 268 g/mol. The Kier molecular flexibility index (Phi) is 3.30. The van der Waals surface area contributed by atoms with Gasteiger partial charge in [0.15, 0.2) is 0 Å². The van der Waals surface area contributed by atoms with E-state index >= 15 is 0 Å². The number of nitrogens with one attached hydrogen (secondary N) is 1. The first kappa shape index (κ1) is 11.6. The molecule has 0 radical (unpaired) electrons. The molecule has 1 aromatic rings. The van der Waals surface area contributed by atoms with E-state index in [9.17, 15) is 4.79 Å². The first-order valence-electron chi connectivity index (χ1n) is 5.39. The zero-order valence-electron chi connectivity index (χ0n) is 9.16. The van der Waals surface area contributed by atoms with Crippen LogP contribution in [-0.4, -0.2) is 18.0 Å². The molecule has 1 aromatic carbocycles. The quantitative estimate of drug-likeness (QED) is 0.872. The van der Waals surface area contributed by atoms with Crippen molar-refractivity contribution in [2.75, 3.05) is 0 Å². The Morgan fingerprint density at radius 2 is 2.19 bits per heavy atom. The van der Waals surface area contributed by atoms with Crippen molar-refractivity contribution < 1.29 is 4.79 Å². The Morgan fingerprint density at radius 1 is 1.50 bits per heavy atom. The van der Waals surface area contributed by atoms with Gasteiger partial charge in [-0.2, -0.15) is 0 Å². The molecule has 1 amide bonds. The molecule has 1 fully saturated rings. The summed E-state index contributed by atoms with van der Waals surface area (Å²) in [6.07, 6.45) is 1.78. The van der Waals surface area contributed by atoms with Gasteiger partial charge in [-0.25, -0.2) is 0 Å². The van der Waals surface area contributed by atoms with Crippen LogP contribution in [0.5, 0.6) is 0 Å². The smallest absolute Gasteiger partial charge is 0.251 e. The maximum absolute atomic E-state index is 12.0. The van der Waals surface area contributed by atoms with E-state index in [2.05, 4.69) is 21.2 Å². The molecule has 1 aliphatic rings. The predicted octanol–water partition coefficient (Wildman–Crippen LogP) is 1.98. The standard InChI is InChI=1S/C12H15BrN2O/c1-7-10(3-2-4-11(7)13)12(16)15-9-5-8(14)6-9/h2-4,8-9H,5-6,14H2,1H3,(H,15,16). The Balaban J connectivity index is 2.06. The van der Waals surface area contributed by atoms with Gasteiger partial charge in [-0.05, 0) is 37.5 Å². The van der Waals surface area contributed by atoms with E-state index in [1.54, 1.807) is 0 Å². The predicted molar refractivity (Wildman–Crippen MR) is 67.3 cm³/mol. The van der Waals surface area contributed by atoms with Crippen molar-refractivity contribution in [3.8, 4) is 0 Å². The molecular formula is C12H15BrN2O. The third kappa shape index (κ3) is 2.28. The number of hydrogen-bond acceptors (Lipinski definition) is 2. The van der Waals surface area contributed by atoms with E-state index in [-0.39, 0.29) is 18.0 Å². The van der Waals surface area contributed by atoms with Crippen molar-refractivity contribution in [3.05, 3.63) is 33.8 Å². The van der Waals surface area contributed by atoms with E-state index in [0.717, 1.165) is 28.4 Å². The van der Waals surface area contributed by atoms with Gasteiger partial charge < -0.3 is 11.1 Å². The van der Waals surface area contributed by atoms with Crippen LogP contribution in [0.25, 0.3) is 0 Å². The minimum atomic E-state index is -0.00398. The summed E-state index contributed by atoms with van der Waals surface area (Å²) in [5.74, 6) is -0.00398. The van der Waals surface area contributed by atoms with Crippen molar-refractivity contribution in [3.63, 3.8) is 0 Å². The Bertz CT molecular complexity index is 413. The van der Waals surface area contributed by atoms with Crippen molar-refractivity contribution in [2.24, 2.45) is 5.73 Å². The molecule has 3 nitrogen and oxygen atoms in total. The fourth-order valence-electron chi connectivity index (χ4n) is 1.90. The molecule has 0 aromatic heterocycles. The number of nitrogens with two attached hydrogens (primary N) is 1. The zero-order chi connectivity index (χ0) is 11.7. The fourth-order valence-corrected chi connectivity index (χ4v) is 2.26. The van der Waals surface area contributed by atoms with Gasteiger partial charge >= 0.3 is 0 Å². The molecule has 1 saturated carbocycles. The lowest BCUT2D eigenvalue weighted by Crippen LogP contribution is -2.50. The summed E-state index contributed by atoms with van der Waals surface area (Å²) in [6, 6.07) is 6.16. The summed E-state index contributed by atoms with van der Waals surface area (Å²) in [5.41, 5.74) is 7.39. The van der Waals surface area contributed by atoms with E-state index in [1.165, 1.54) is 0 Å². The van der Waals surface area contributed by atoms with Crippen molar-refractivity contribution in [1.29, 1.82) is 0 Å². The molecule has 16 heavy (non-hydrogen) atoms. The van der Waals surface area contributed by atoms with E-state index in [4.69, 9.17) is 5.73 Å². The number of carbonyl (C=O) groups excluding carboxylic acids is 1. The minimum absolute atomic E-state index is 0.00398. The third-order valence-corrected chi connectivity index (χ3v) is 3.88. The lowest BCUT2D eigenvalue weighted by atomic mass is 9.87. The van der Waals surface area contributed by atoms with Crippen LogP contribution in [-0.2, 0) is 0 Å². The molecule has 3 N–H and O–H groups in total. The van der Waals surface area contributed by atoms with Crippen LogP contribution in [0.3, 0.4) is 0 Å². The number of halogens is 1. The van der Waals surface area contributed by atoms with Gasteiger partial charge in [0.25, 0.3) is 5.91 Å². The lowest BCUT2D eigenvalue weighted by molar-refractivity contribution is 0.0909. The number of rotatable bonds is 2. The highest BCUT2D eigenvalue weighted by molar-refractivity contribution is 9.10. The number of benzene rings is 1. The molecule has 0 aliphatic heterocycles. The van der Waals surface area contributed by atoms with Crippen LogP contribution < -0.4 is 11.1 Å². The zero-order valence-corrected chi connectivity index (χ0v) is 10.8. The van der Waals surface area contributed by atoms with Crippen molar-refractivity contribution in [2.45, 2.75) is 31.8 Å². The highest BCUT2D eigenvalue weighted by Crippen LogP contribution is 2.21. The molecule has 0 saturated heterocycles.